The summed E-state index contributed by atoms with van der Waals surface area (Å²) in [4.78, 5) is 0.237. The maximum absolute atomic E-state index is 12.2. The number of sulfonamides is 1. The fourth-order valence-electron chi connectivity index (χ4n) is 2.27. The van der Waals surface area contributed by atoms with Crippen LogP contribution in [0.25, 0.3) is 0 Å². The average molecular weight is 299 g/mol. The van der Waals surface area contributed by atoms with Gasteiger partial charge in [0.2, 0.25) is 10.0 Å². The molecule has 1 aromatic carbocycles. The molecule has 1 atom stereocenters. The fraction of sp³-hybridized carbons (Fsp3) is 0.571. The van der Waals surface area contributed by atoms with E-state index in [-0.39, 0.29) is 18.0 Å². The Kier molecular flexibility index (Phi) is 4.80. The maximum atomic E-state index is 12.2. The molecule has 1 saturated heterocycles. The molecule has 0 saturated carbocycles. The maximum Gasteiger partial charge on any atom is 0.240 e. The van der Waals surface area contributed by atoms with Gasteiger partial charge in [0.1, 0.15) is 0 Å². The summed E-state index contributed by atoms with van der Waals surface area (Å²) in [5.74, 6) is 0. The van der Waals surface area contributed by atoms with Crippen LogP contribution in [0.5, 0.6) is 0 Å². The molecule has 112 valence electrons. The minimum Gasteiger partial charge on any atom is -0.396 e. The van der Waals surface area contributed by atoms with Crippen molar-refractivity contribution in [1.29, 1.82) is 0 Å². The third kappa shape index (κ3) is 3.79. The van der Waals surface area contributed by atoms with Crippen LogP contribution < -0.4 is 4.72 Å². The summed E-state index contributed by atoms with van der Waals surface area (Å²) in [6.45, 7) is 2.95. The first-order chi connectivity index (χ1) is 9.45. The van der Waals surface area contributed by atoms with E-state index in [1.807, 2.05) is 6.92 Å². The predicted molar refractivity (Wildman–Crippen MR) is 76.0 cm³/mol. The molecule has 2 rings (SSSR count). The molecule has 1 unspecified atom stereocenters. The van der Waals surface area contributed by atoms with Gasteiger partial charge < -0.3 is 9.84 Å². The molecular weight excluding hydrogens is 278 g/mol. The van der Waals surface area contributed by atoms with Crippen molar-refractivity contribution in [2.75, 3.05) is 19.8 Å². The Hall–Kier alpha value is -0.950. The Morgan fingerprint density at radius 3 is 2.60 bits per heavy atom. The Balaban J connectivity index is 2.02. The van der Waals surface area contributed by atoms with Crippen LogP contribution in [0.4, 0.5) is 0 Å². The van der Waals surface area contributed by atoms with Crippen LogP contribution in [0.15, 0.2) is 29.2 Å². The summed E-state index contributed by atoms with van der Waals surface area (Å²) < 4.78 is 32.5. The van der Waals surface area contributed by atoms with E-state index in [0.717, 1.165) is 18.4 Å². The van der Waals surface area contributed by atoms with E-state index in [0.29, 0.717) is 13.0 Å². The third-order valence-electron chi connectivity index (χ3n) is 3.57. The number of aliphatic hydroxyl groups is 1. The SMILES string of the molecule is CC1(CNS(=O)(=O)c2ccc(CCO)cc2)CCCO1. The highest BCUT2D eigenvalue weighted by Crippen LogP contribution is 2.24. The monoisotopic (exact) mass is 299 g/mol. The molecule has 0 bridgehead atoms. The number of rotatable bonds is 6. The van der Waals surface area contributed by atoms with Gasteiger partial charge in [-0.15, -0.1) is 0 Å². The lowest BCUT2D eigenvalue weighted by molar-refractivity contribution is 0.0250. The standard InChI is InChI=1S/C14H21NO4S/c1-14(8-2-10-19-14)11-15-20(17,18)13-5-3-12(4-6-13)7-9-16/h3-6,15-16H,2,7-11H2,1H3. The molecule has 20 heavy (non-hydrogen) atoms. The molecule has 1 aliphatic heterocycles. The van der Waals surface area contributed by atoms with Crippen LogP contribution in [0.2, 0.25) is 0 Å². The molecule has 0 spiro atoms. The molecule has 0 aromatic heterocycles. The molecule has 0 radical (unpaired) electrons. The second-order valence-corrected chi connectivity index (χ2v) is 7.11. The first-order valence-electron chi connectivity index (χ1n) is 6.79. The molecule has 0 amide bonds. The van der Waals surface area contributed by atoms with Crippen molar-refractivity contribution < 1.29 is 18.3 Å². The van der Waals surface area contributed by atoms with Crippen molar-refractivity contribution in [3.63, 3.8) is 0 Å². The summed E-state index contributed by atoms with van der Waals surface area (Å²) in [5, 5.41) is 8.84. The summed E-state index contributed by atoms with van der Waals surface area (Å²) in [6.07, 6.45) is 2.36. The second-order valence-electron chi connectivity index (χ2n) is 5.34. The summed E-state index contributed by atoms with van der Waals surface area (Å²) in [6, 6.07) is 6.56. The van der Waals surface area contributed by atoms with Crippen molar-refractivity contribution >= 4 is 10.0 Å². The van der Waals surface area contributed by atoms with Crippen LogP contribution in [-0.4, -0.2) is 38.9 Å². The molecule has 1 fully saturated rings. The molecule has 6 heteroatoms. The van der Waals surface area contributed by atoms with Crippen molar-refractivity contribution in [3.05, 3.63) is 29.8 Å². The highest BCUT2D eigenvalue weighted by Gasteiger charge is 2.31. The topological polar surface area (TPSA) is 75.6 Å². The predicted octanol–water partition coefficient (Wildman–Crippen LogP) is 1.07. The number of hydrogen-bond acceptors (Lipinski definition) is 4. The molecule has 2 N–H and O–H groups in total. The Morgan fingerprint density at radius 2 is 2.05 bits per heavy atom. The van der Waals surface area contributed by atoms with Gasteiger partial charge >= 0.3 is 0 Å². The average Bonchev–Trinajstić information content (AvgIpc) is 2.85. The van der Waals surface area contributed by atoms with Gasteiger partial charge in [-0.1, -0.05) is 12.1 Å². The highest BCUT2D eigenvalue weighted by molar-refractivity contribution is 7.89. The van der Waals surface area contributed by atoms with Crippen molar-refractivity contribution in [1.82, 2.24) is 4.72 Å². The molecule has 1 aliphatic rings. The summed E-state index contributed by atoms with van der Waals surface area (Å²) in [5.41, 5.74) is 0.515. The van der Waals surface area contributed by atoms with Crippen molar-refractivity contribution in [2.45, 2.75) is 36.7 Å². The van der Waals surface area contributed by atoms with E-state index >= 15 is 0 Å². The first kappa shape index (κ1) is 15.4. The van der Waals surface area contributed by atoms with Crippen LogP contribution in [0, 0.1) is 0 Å². The van der Waals surface area contributed by atoms with Crippen LogP contribution in [0.1, 0.15) is 25.3 Å². The molecule has 1 aromatic rings. The van der Waals surface area contributed by atoms with Gasteiger partial charge in [0.25, 0.3) is 0 Å². The van der Waals surface area contributed by atoms with E-state index in [1.165, 1.54) is 0 Å². The zero-order chi connectivity index (χ0) is 14.6. The van der Waals surface area contributed by atoms with Gasteiger partial charge in [-0.3, -0.25) is 0 Å². The number of ether oxygens (including phenoxy) is 1. The Labute approximate surface area is 120 Å². The van der Waals surface area contributed by atoms with Gasteiger partial charge in [0.15, 0.2) is 0 Å². The highest BCUT2D eigenvalue weighted by atomic mass is 32.2. The van der Waals surface area contributed by atoms with Crippen LogP contribution in [0.3, 0.4) is 0 Å². The van der Waals surface area contributed by atoms with Gasteiger partial charge in [-0.05, 0) is 43.9 Å². The van der Waals surface area contributed by atoms with E-state index < -0.39 is 15.6 Å². The van der Waals surface area contributed by atoms with Crippen molar-refractivity contribution in [2.24, 2.45) is 0 Å². The van der Waals surface area contributed by atoms with E-state index in [1.54, 1.807) is 24.3 Å². The largest absolute Gasteiger partial charge is 0.396 e. The number of aliphatic hydroxyl groups excluding tert-OH is 1. The van der Waals surface area contributed by atoms with Gasteiger partial charge in [-0.25, -0.2) is 13.1 Å². The first-order valence-corrected chi connectivity index (χ1v) is 8.27. The minimum atomic E-state index is -3.51. The van der Waals surface area contributed by atoms with Crippen molar-refractivity contribution in [3.8, 4) is 0 Å². The number of hydrogen-bond donors (Lipinski definition) is 2. The zero-order valence-corrected chi connectivity index (χ0v) is 12.4. The normalized spacial score (nSPS) is 23.1. The lowest BCUT2D eigenvalue weighted by Gasteiger charge is -2.23. The van der Waals surface area contributed by atoms with Crippen LogP contribution in [-0.2, 0) is 21.2 Å². The van der Waals surface area contributed by atoms with E-state index in [2.05, 4.69) is 4.72 Å². The van der Waals surface area contributed by atoms with E-state index in [9.17, 15) is 8.42 Å². The quantitative estimate of drug-likeness (QED) is 0.824. The zero-order valence-electron chi connectivity index (χ0n) is 11.6. The summed E-state index contributed by atoms with van der Waals surface area (Å²) in [7, 11) is -3.51. The minimum absolute atomic E-state index is 0.0556. The third-order valence-corrected chi connectivity index (χ3v) is 4.99. The van der Waals surface area contributed by atoms with Gasteiger partial charge in [0.05, 0.1) is 10.5 Å². The smallest absolute Gasteiger partial charge is 0.240 e. The lowest BCUT2D eigenvalue weighted by atomic mass is 10.0. The number of nitrogens with one attached hydrogen (secondary N) is 1. The Morgan fingerprint density at radius 1 is 1.35 bits per heavy atom. The second kappa shape index (κ2) is 6.22. The van der Waals surface area contributed by atoms with Gasteiger partial charge in [-0.2, -0.15) is 0 Å². The van der Waals surface area contributed by atoms with Crippen LogP contribution >= 0.6 is 0 Å². The summed E-state index contributed by atoms with van der Waals surface area (Å²) >= 11 is 0. The van der Waals surface area contributed by atoms with Gasteiger partial charge in [0, 0.05) is 19.8 Å². The number of benzene rings is 1. The fourth-order valence-corrected chi connectivity index (χ4v) is 3.43. The van der Waals surface area contributed by atoms with E-state index in [4.69, 9.17) is 9.84 Å². The molecule has 1 heterocycles. The lowest BCUT2D eigenvalue weighted by Crippen LogP contribution is -2.40. The molecular formula is C14H21NO4S. The molecule has 0 aliphatic carbocycles. The Bertz CT molecular complexity index is 533. The molecule has 5 nitrogen and oxygen atoms in total.